The van der Waals surface area contributed by atoms with Gasteiger partial charge in [-0.05, 0) is 31.8 Å². The third-order valence-electron chi connectivity index (χ3n) is 4.45. The Hall–Kier alpha value is -1.84. The molecule has 1 unspecified atom stereocenters. The Morgan fingerprint density at radius 1 is 1.16 bits per heavy atom. The normalized spacial score (nSPS) is 19.0. The van der Waals surface area contributed by atoms with Crippen molar-refractivity contribution in [1.29, 1.82) is 0 Å². The zero-order valence-electron chi connectivity index (χ0n) is 15.6. The first-order chi connectivity index (χ1) is 12.1. The van der Waals surface area contributed by atoms with Crippen molar-refractivity contribution >= 4 is 11.8 Å². The summed E-state index contributed by atoms with van der Waals surface area (Å²) >= 11 is 0. The first kappa shape index (κ1) is 21.2. The van der Waals surface area contributed by atoms with Gasteiger partial charge < -0.3 is 9.84 Å². The molecule has 0 aliphatic heterocycles. The van der Waals surface area contributed by atoms with E-state index < -0.39 is 0 Å². The molecular weight excluding hydrogens is 316 g/mol. The van der Waals surface area contributed by atoms with Crippen molar-refractivity contribution in [2.45, 2.75) is 71.1 Å². The Morgan fingerprint density at radius 3 is 2.60 bits per heavy atom. The van der Waals surface area contributed by atoms with Gasteiger partial charge in [-0.25, -0.2) is 0 Å². The lowest BCUT2D eigenvalue weighted by molar-refractivity contribution is -0.140. The average Bonchev–Trinajstić information content (AvgIpc) is 2.97. The van der Waals surface area contributed by atoms with E-state index in [1.165, 1.54) is 32.8 Å². The molecule has 0 fully saturated rings. The molecule has 1 rings (SSSR count). The third kappa shape index (κ3) is 8.19. The van der Waals surface area contributed by atoms with Gasteiger partial charge in [-0.15, -0.1) is 0 Å². The summed E-state index contributed by atoms with van der Waals surface area (Å²) in [6.45, 7) is 2.19. The minimum atomic E-state index is -0.207. The summed E-state index contributed by atoms with van der Waals surface area (Å²) in [5.74, 6) is -0.211. The standard InChI is InChI=1S/C21H32O4/c1-3-4-5-6-7-9-12-17-15-16-19(23)21(17)18(22)13-10-8-11-14-20(24)25-2/h9,12,15-17,22H,3-8,10-11,13-14H2,1-2H3/b12-9+,21-18+. The molecule has 1 aliphatic carbocycles. The molecule has 0 heterocycles. The topological polar surface area (TPSA) is 63.6 Å². The first-order valence-electron chi connectivity index (χ1n) is 9.48. The number of aliphatic hydroxyl groups is 1. The highest BCUT2D eigenvalue weighted by atomic mass is 16.5. The zero-order chi connectivity index (χ0) is 18.5. The smallest absolute Gasteiger partial charge is 0.305 e. The summed E-state index contributed by atoms with van der Waals surface area (Å²) in [6.07, 6.45) is 16.6. The van der Waals surface area contributed by atoms with Crippen LogP contribution < -0.4 is 0 Å². The second-order valence-electron chi connectivity index (χ2n) is 6.52. The number of carbonyl (C=O) groups excluding carboxylic acids is 2. The van der Waals surface area contributed by atoms with Gasteiger partial charge in [0.1, 0.15) is 5.76 Å². The SMILES string of the molecule is CCCCCC/C=C/C1C=CC(=O)/C1=C(/O)CCCCCC(=O)OC. The van der Waals surface area contributed by atoms with Crippen LogP contribution in [-0.2, 0) is 14.3 Å². The maximum absolute atomic E-state index is 12.0. The van der Waals surface area contributed by atoms with Gasteiger partial charge in [0, 0.05) is 24.3 Å². The van der Waals surface area contributed by atoms with E-state index in [1.807, 2.05) is 12.2 Å². The fraction of sp³-hybridized carbons (Fsp3) is 0.619. The quantitative estimate of drug-likeness (QED) is 0.173. The molecule has 0 aromatic rings. The first-order valence-corrected chi connectivity index (χ1v) is 9.48. The number of esters is 1. The monoisotopic (exact) mass is 348 g/mol. The van der Waals surface area contributed by atoms with Crippen molar-refractivity contribution in [3.63, 3.8) is 0 Å². The number of ketones is 1. The summed E-state index contributed by atoms with van der Waals surface area (Å²) in [6, 6.07) is 0. The van der Waals surface area contributed by atoms with Crippen LogP contribution in [0.15, 0.2) is 35.6 Å². The highest BCUT2D eigenvalue weighted by Crippen LogP contribution is 2.27. The second-order valence-corrected chi connectivity index (χ2v) is 6.52. The molecule has 1 N–H and O–H groups in total. The van der Waals surface area contributed by atoms with Crippen LogP contribution in [0.1, 0.15) is 71.1 Å². The largest absolute Gasteiger partial charge is 0.512 e. The minimum Gasteiger partial charge on any atom is -0.512 e. The number of carbonyl (C=O) groups is 2. The van der Waals surface area contributed by atoms with Crippen LogP contribution in [0.25, 0.3) is 0 Å². The van der Waals surface area contributed by atoms with E-state index >= 15 is 0 Å². The van der Waals surface area contributed by atoms with Crippen LogP contribution >= 0.6 is 0 Å². The second kappa shape index (κ2) is 12.5. The number of rotatable bonds is 12. The van der Waals surface area contributed by atoms with E-state index in [0.717, 1.165) is 25.7 Å². The van der Waals surface area contributed by atoms with Crippen LogP contribution in [0.5, 0.6) is 0 Å². The van der Waals surface area contributed by atoms with E-state index in [4.69, 9.17) is 0 Å². The molecule has 0 saturated carbocycles. The molecule has 1 aliphatic rings. The number of methoxy groups -OCH3 is 1. The van der Waals surface area contributed by atoms with Gasteiger partial charge in [0.15, 0.2) is 5.78 Å². The summed E-state index contributed by atoms with van der Waals surface area (Å²) < 4.78 is 4.60. The summed E-state index contributed by atoms with van der Waals surface area (Å²) in [4.78, 5) is 23.1. The Labute approximate surface area is 151 Å². The Bertz CT molecular complexity index is 514. The number of unbranched alkanes of at least 4 members (excludes halogenated alkanes) is 6. The van der Waals surface area contributed by atoms with Crippen LogP contribution in [0.4, 0.5) is 0 Å². The highest BCUT2D eigenvalue weighted by Gasteiger charge is 2.24. The number of allylic oxidation sites excluding steroid dienone is 6. The molecule has 0 radical (unpaired) electrons. The van der Waals surface area contributed by atoms with E-state index in [2.05, 4.69) is 17.7 Å². The predicted molar refractivity (Wildman–Crippen MR) is 100 cm³/mol. The molecule has 1 atom stereocenters. The lowest BCUT2D eigenvalue weighted by Crippen LogP contribution is -2.05. The van der Waals surface area contributed by atoms with Crippen LogP contribution in [0.3, 0.4) is 0 Å². The Morgan fingerprint density at radius 2 is 1.88 bits per heavy atom. The van der Waals surface area contributed by atoms with Crippen molar-refractivity contribution in [3.8, 4) is 0 Å². The number of ether oxygens (including phenoxy) is 1. The maximum Gasteiger partial charge on any atom is 0.305 e. The fourth-order valence-electron chi connectivity index (χ4n) is 2.94. The molecular formula is C21H32O4. The van der Waals surface area contributed by atoms with Crippen LogP contribution in [0.2, 0.25) is 0 Å². The van der Waals surface area contributed by atoms with Crippen molar-refractivity contribution in [3.05, 3.63) is 35.6 Å². The predicted octanol–water partition coefficient (Wildman–Crippen LogP) is 5.20. The van der Waals surface area contributed by atoms with Crippen molar-refractivity contribution in [2.75, 3.05) is 7.11 Å². The van der Waals surface area contributed by atoms with Crippen LogP contribution in [0, 0.1) is 5.92 Å². The molecule has 0 saturated heterocycles. The Balaban J connectivity index is 2.42. The zero-order valence-corrected chi connectivity index (χ0v) is 15.6. The maximum atomic E-state index is 12.0. The molecule has 140 valence electrons. The summed E-state index contributed by atoms with van der Waals surface area (Å²) in [7, 11) is 1.38. The van der Waals surface area contributed by atoms with Crippen molar-refractivity contribution in [2.24, 2.45) is 5.92 Å². The number of hydrogen-bond donors (Lipinski definition) is 1. The van der Waals surface area contributed by atoms with Gasteiger partial charge in [0.25, 0.3) is 0 Å². The number of aliphatic hydroxyl groups excluding tert-OH is 1. The molecule has 0 amide bonds. The third-order valence-corrected chi connectivity index (χ3v) is 4.45. The molecule has 25 heavy (non-hydrogen) atoms. The fourth-order valence-corrected chi connectivity index (χ4v) is 2.94. The van der Waals surface area contributed by atoms with E-state index in [0.29, 0.717) is 18.4 Å². The summed E-state index contributed by atoms with van der Waals surface area (Å²) in [5, 5.41) is 10.3. The molecule has 4 heteroatoms. The molecule has 0 spiro atoms. The van der Waals surface area contributed by atoms with Gasteiger partial charge in [-0.1, -0.05) is 50.8 Å². The van der Waals surface area contributed by atoms with Gasteiger partial charge in [0.05, 0.1) is 7.11 Å². The molecule has 0 aromatic carbocycles. The highest BCUT2D eigenvalue weighted by molar-refractivity contribution is 6.07. The average molecular weight is 348 g/mol. The minimum absolute atomic E-state index is 0.0901. The van der Waals surface area contributed by atoms with Gasteiger partial charge >= 0.3 is 5.97 Å². The molecule has 0 bridgehead atoms. The summed E-state index contributed by atoms with van der Waals surface area (Å²) in [5.41, 5.74) is 0.512. The van der Waals surface area contributed by atoms with Crippen molar-refractivity contribution in [1.82, 2.24) is 0 Å². The molecule has 4 nitrogen and oxygen atoms in total. The van der Waals surface area contributed by atoms with Crippen LogP contribution in [-0.4, -0.2) is 24.0 Å². The molecule has 0 aromatic heterocycles. The van der Waals surface area contributed by atoms with E-state index in [1.54, 1.807) is 6.08 Å². The lowest BCUT2D eigenvalue weighted by Gasteiger charge is -2.09. The lowest BCUT2D eigenvalue weighted by atomic mass is 9.97. The van der Waals surface area contributed by atoms with Gasteiger partial charge in [-0.3, -0.25) is 9.59 Å². The van der Waals surface area contributed by atoms with Gasteiger partial charge in [0.2, 0.25) is 0 Å². The van der Waals surface area contributed by atoms with E-state index in [-0.39, 0.29) is 23.4 Å². The Kier molecular flexibility index (Phi) is 10.6. The number of hydrogen-bond acceptors (Lipinski definition) is 4. The van der Waals surface area contributed by atoms with Gasteiger partial charge in [-0.2, -0.15) is 0 Å². The van der Waals surface area contributed by atoms with Crippen molar-refractivity contribution < 1.29 is 19.4 Å². The van der Waals surface area contributed by atoms with E-state index in [9.17, 15) is 14.7 Å².